The topological polar surface area (TPSA) is 12.9 Å². The van der Waals surface area contributed by atoms with Crippen molar-refractivity contribution in [1.29, 1.82) is 0 Å². The second-order valence-electron chi connectivity index (χ2n) is 4.41. The first-order valence-corrected chi connectivity index (χ1v) is 7.68. The summed E-state index contributed by atoms with van der Waals surface area (Å²) in [6, 6.07) is 16.7. The summed E-state index contributed by atoms with van der Waals surface area (Å²) in [5.74, 6) is 0. The van der Waals surface area contributed by atoms with Gasteiger partial charge in [0.1, 0.15) is 5.01 Å². The quantitative estimate of drug-likeness (QED) is 0.600. The van der Waals surface area contributed by atoms with Gasteiger partial charge in [-0.25, -0.2) is 4.98 Å². The number of rotatable bonds is 2. The predicted molar refractivity (Wildman–Crippen MR) is 85.4 cm³/mol. The lowest BCUT2D eigenvalue weighted by Gasteiger charge is -1.98. The van der Waals surface area contributed by atoms with Gasteiger partial charge in [-0.1, -0.05) is 57.9 Å². The molecule has 0 saturated heterocycles. The molecule has 0 bridgehead atoms. The minimum atomic E-state index is 1.04. The Morgan fingerprint density at radius 1 is 0.895 bits per heavy atom. The molecule has 1 heterocycles. The van der Waals surface area contributed by atoms with Crippen LogP contribution in [0.2, 0.25) is 0 Å². The van der Waals surface area contributed by atoms with Crippen LogP contribution in [0, 0.1) is 6.92 Å². The Balaban J connectivity index is 1.95. The van der Waals surface area contributed by atoms with Crippen molar-refractivity contribution in [2.45, 2.75) is 6.92 Å². The van der Waals surface area contributed by atoms with E-state index in [0.717, 1.165) is 20.7 Å². The molecule has 19 heavy (non-hydrogen) atoms. The van der Waals surface area contributed by atoms with Gasteiger partial charge in [0.05, 0.1) is 5.69 Å². The molecule has 0 aliphatic rings. The van der Waals surface area contributed by atoms with E-state index in [1.807, 2.05) is 12.1 Å². The molecule has 94 valence electrons. The highest BCUT2D eigenvalue weighted by Gasteiger charge is 2.06. The Hall–Kier alpha value is -1.45. The molecular formula is C16H12BrNS. The molecule has 0 atom stereocenters. The summed E-state index contributed by atoms with van der Waals surface area (Å²) in [6.07, 6.45) is 0. The Morgan fingerprint density at radius 2 is 1.53 bits per heavy atom. The van der Waals surface area contributed by atoms with E-state index in [9.17, 15) is 0 Å². The summed E-state index contributed by atoms with van der Waals surface area (Å²) in [5, 5.41) is 3.18. The molecule has 2 aromatic carbocycles. The van der Waals surface area contributed by atoms with Crippen LogP contribution in [0.5, 0.6) is 0 Å². The molecule has 0 fully saturated rings. The predicted octanol–water partition coefficient (Wildman–Crippen LogP) is 5.55. The largest absolute Gasteiger partial charge is 0.236 e. The van der Waals surface area contributed by atoms with Gasteiger partial charge in [0, 0.05) is 21.0 Å². The van der Waals surface area contributed by atoms with E-state index in [4.69, 9.17) is 4.98 Å². The fraction of sp³-hybridized carbons (Fsp3) is 0.0625. The van der Waals surface area contributed by atoms with Crippen molar-refractivity contribution in [3.05, 3.63) is 63.9 Å². The van der Waals surface area contributed by atoms with E-state index in [0.29, 0.717) is 0 Å². The molecule has 0 amide bonds. The summed E-state index contributed by atoms with van der Waals surface area (Å²) in [5.41, 5.74) is 4.64. The number of benzene rings is 2. The van der Waals surface area contributed by atoms with Gasteiger partial charge < -0.3 is 0 Å². The molecule has 0 spiro atoms. The Labute approximate surface area is 125 Å². The second-order valence-corrected chi connectivity index (χ2v) is 6.18. The Morgan fingerprint density at radius 3 is 2.21 bits per heavy atom. The fourth-order valence-corrected chi connectivity index (χ4v) is 2.96. The van der Waals surface area contributed by atoms with Crippen LogP contribution in [0.25, 0.3) is 21.8 Å². The van der Waals surface area contributed by atoms with Crippen molar-refractivity contribution in [2.75, 3.05) is 0 Å². The molecule has 0 aliphatic carbocycles. The lowest BCUT2D eigenvalue weighted by Crippen LogP contribution is -1.80. The highest BCUT2D eigenvalue weighted by atomic mass is 79.9. The van der Waals surface area contributed by atoms with Gasteiger partial charge >= 0.3 is 0 Å². The van der Waals surface area contributed by atoms with Crippen LogP contribution < -0.4 is 0 Å². The van der Waals surface area contributed by atoms with Gasteiger partial charge in [0.25, 0.3) is 0 Å². The van der Waals surface area contributed by atoms with Gasteiger partial charge in [-0.05, 0) is 19.1 Å². The zero-order chi connectivity index (χ0) is 13.2. The first-order chi connectivity index (χ1) is 9.22. The molecule has 3 rings (SSSR count). The summed E-state index contributed by atoms with van der Waals surface area (Å²) < 4.78 is 1.09. The lowest BCUT2D eigenvalue weighted by molar-refractivity contribution is 1.39. The summed E-state index contributed by atoms with van der Waals surface area (Å²) in [6.45, 7) is 2.10. The summed E-state index contributed by atoms with van der Waals surface area (Å²) >= 11 is 5.13. The SMILES string of the molecule is Cc1ccc(-c2nc(-c3ccc(Br)cc3)cs2)cc1. The van der Waals surface area contributed by atoms with Crippen molar-refractivity contribution in [1.82, 2.24) is 4.98 Å². The maximum absolute atomic E-state index is 4.71. The number of nitrogens with zero attached hydrogens (tertiary/aromatic N) is 1. The van der Waals surface area contributed by atoms with Crippen molar-refractivity contribution < 1.29 is 0 Å². The number of halogens is 1. The van der Waals surface area contributed by atoms with Crippen LogP contribution in [0.15, 0.2) is 58.4 Å². The monoisotopic (exact) mass is 329 g/mol. The van der Waals surface area contributed by atoms with Crippen LogP contribution in [0.1, 0.15) is 5.56 Å². The van der Waals surface area contributed by atoms with Crippen LogP contribution >= 0.6 is 27.3 Å². The normalized spacial score (nSPS) is 10.6. The summed E-state index contributed by atoms with van der Waals surface area (Å²) in [4.78, 5) is 4.71. The van der Waals surface area contributed by atoms with E-state index >= 15 is 0 Å². The molecule has 0 aliphatic heterocycles. The zero-order valence-corrected chi connectivity index (χ0v) is 12.8. The number of hydrogen-bond donors (Lipinski definition) is 0. The third kappa shape index (κ3) is 2.77. The van der Waals surface area contributed by atoms with E-state index in [-0.39, 0.29) is 0 Å². The van der Waals surface area contributed by atoms with Gasteiger partial charge in [0.2, 0.25) is 0 Å². The first kappa shape index (κ1) is 12.6. The van der Waals surface area contributed by atoms with Gasteiger partial charge in [-0.3, -0.25) is 0 Å². The molecule has 1 aromatic heterocycles. The highest BCUT2D eigenvalue weighted by molar-refractivity contribution is 9.10. The fourth-order valence-electron chi connectivity index (χ4n) is 1.86. The molecule has 3 aromatic rings. The number of aromatic nitrogens is 1. The first-order valence-electron chi connectivity index (χ1n) is 6.01. The number of hydrogen-bond acceptors (Lipinski definition) is 2. The lowest BCUT2D eigenvalue weighted by atomic mass is 10.1. The minimum absolute atomic E-state index is 1.04. The smallest absolute Gasteiger partial charge is 0.124 e. The van der Waals surface area contributed by atoms with Crippen molar-refractivity contribution >= 4 is 27.3 Å². The van der Waals surface area contributed by atoms with Crippen molar-refractivity contribution in [3.63, 3.8) is 0 Å². The Kier molecular flexibility index (Phi) is 3.49. The van der Waals surface area contributed by atoms with E-state index < -0.39 is 0 Å². The third-order valence-corrected chi connectivity index (χ3v) is 4.36. The van der Waals surface area contributed by atoms with Crippen molar-refractivity contribution in [2.24, 2.45) is 0 Å². The van der Waals surface area contributed by atoms with Crippen LogP contribution in [0.4, 0.5) is 0 Å². The van der Waals surface area contributed by atoms with Gasteiger partial charge in [0.15, 0.2) is 0 Å². The van der Waals surface area contributed by atoms with Crippen LogP contribution in [0.3, 0.4) is 0 Å². The zero-order valence-electron chi connectivity index (χ0n) is 10.4. The third-order valence-electron chi connectivity index (χ3n) is 2.94. The standard InChI is InChI=1S/C16H12BrNS/c1-11-2-4-13(5-3-11)16-18-15(10-19-16)12-6-8-14(17)9-7-12/h2-10H,1H3. The van der Waals surface area contributed by atoms with E-state index in [1.165, 1.54) is 11.1 Å². The molecule has 1 nitrogen and oxygen atoms in total. The average molecular weight is 330 g/mol. The number of thiazole rings is 1. The number of aryl methyl sites for hydroxylation is 1. The maximum Gasteiger partial charge on any atom is 0.124 e. The molecule has 0 radical (unpaired) electrons. The highest BCUT2D eigenvalue weighted by Crippen LogP contribution is 2.29. The van der Waals surface area contributed by atoms with E-state index in [1.54, 1.807) is 11.3 Å². The molecule has 3 heteroatoms. The van der Waals surface area contributed by atoms with Gasteiger partial charge in [-0.15, -0.1) is 11.3 Å². The molecule has 0 N–H and O–H groups in total. The Bertz CT molecular complexity index is 624. The maximum atomic E-state index is 4.71. The summed E-state index contributed by atoms with van der Waals surface area (Å²) in [7, 11) is 0. The minimum Gasteiger partial charge on any atom is -0.236 e. The van der Waals surface area contributed by atoms with Crippen molar-refractivity contribution in [3.8, 4) is 21.8 Å². The molecular weight excluding hydrogens is 318 g/mol. The average Bonchev–Trinajstić information content (AvgIpc) is 2.90. The van der Waals surface area contributed by atoms with Crippen LogP contribution in [-0.2, 0) is 0 Å². The van der Waals surface area contributed by atoms with Gasteiger partial charge in [-0.2, -0.15) is 0 Å². The van der Waals surface area contributed by atoms with E-state index in [2.05, 4.69) is 64.6 Å². The molecule has 0 saturated carbocycles. The molecule has 0 unspecified atom stereocenters. The second kappa shape index (κ2) is 5.27. The van der Waals surface area contributed by atoms with Crippen LogP contribution in [-0.4, -0.2) is 4.98 Å².